The monoisotopic (exact) mass is 547 g/mol. The van der Waals surface area contributed by atoms with Gasteiger partial charge in [-0.3, -0.25) is 4.79 Å². The maximum atomic E-state index is 12.9. The summed E-state index contributed by atoms with van der Waals surface area (Å²) in [5.41, 5.74) is 1.40. The highest BCUT2D eigenvalue weighted by molar-refractivity contribution is 7.89. The molecule has 0 bridgehead atoms. The number of fused-ring (bicyclic) bond motifs is 1. The zero-order chi connectivity index (χ0) is 27.1. The molecular formula is C27H37N3O7S. The SMILES string of the molecule is Cc1ccc(C(=O)NCC2CCN(CCCCOc3ccc(S(N)(=O)=O)cc3)CC2O)c2c1OCCCO2. The normalized spacial score (nSPS) is 20.0. The lowest BCUT2D eigenvalue weighted by Crippen LogP contribution is -2.47. The molecule has 4 N–H and O–H groups in total. The van der Waals surface area contributed by atoms with E-state index in [9.17, 15) is 18.3 Å². The molecule has 208 valence electrons. The summed E-state index contributed by atoms with van der Waals surface area (Å²) in [6.07, 6.45) is 2.77. The molecule has 0 saturated carbocycles. The van der Waals surface area contributed by atoms with E-state index in [4.69, 9.17) is 19.3 Å². The van der Waals surface area contributed by atoms with Gasteiger partial charge in [-0.15, -0.1) is 0 Å². The van der Waals surface area contributed by atoms with Crippen LogP contribution in [0.5, 0.6) is 17.2 Å². The van der Waals surface area contributed by atoms with Crippen LogP contribution in [0.1, 0.15) is 41.6 Å². The van der Waals surface area contributed by atoms with Crippen LogP contribution in [-0.2, 0) is 10.0 Å². The Hall–Kier alpha value is -2.86. The van der Waals surface area contributed by atoms with Crippen molar-refractivity contribution in [3.63, 3.8) is 0 Å². The average molecular weight is 548 g/mol. The van der Waals surface area contributed by atoms with E-state index >= 15 is 0 Å². The lowest BCUT2D eigenvalue weighted by molar-refractivity contribution is 0.0213. The van der Waals surface area contributed by atoms with Crippen LogP contribution in [0.2, 0.25) is 0 Å². The number of β-amino-alcohol motifs (C(OH)–C–C–N with tert-alkyl or cyclic N) is 1. The van der Waals surface area contributed by atoms with E-state index in [0.29, 0.717) is 55.7 Å². The fraction of sp³-hybridized carbons (Fsp3) is 0.519. The van der Waals surface area contributed by atoms with Crippen LogP contribution in [0.15, 0.2) is 41.3 Å². The molecule has 2 unspecified atom stereocenters. The van der Waals surface area contributed by atoms with Gasteiger partial charge in [-0.05, 0) is 75.2 Å². The van der Waals surface area contributed by atoms with E-state index < -0.39 is 16.1 Å². The van der Waals surface area contributed by atoms with Crippen LogP contribution >= 0.6 is 0 Å². The highest BCUT2D eigenvalue weighted by Gasteiger charge is 2.29. The number of benzene rings is 2. The molecule has 38 heavy (non-hydrogen) atoms. The van der Waals surface area contributed by atoms with E-state index in [0.717, 1.165) is 44.3 Å². The number of aryl methyl sites for hydroxylation is 1. The van der Waals surface area contributed by atoms with Gasteiger partial charge in [0, 0.05) is 25.4 Å². The molecule has 1 amide bonds. The molecule has 2 atom stereocenters. The number of ether oxygens (including phenoxy) is 3. The molecule has 2 heterocycles. The summed E-state index contributed by atoms with van der Waals surface area (Å²) < 4.78 is 39.9. The number of likely N-dealkylation sites (tertiary alicyclic amines) is 1. The second kappa shape index (κ2) is 12.8. The first kappa shape index (κ1) is 28.2. The van der Waals surface area contributed by atoms with E-state index in [2.05, 4.69) is 10.2 Å². The van der Waals surface area contributed by atoms with Crippen LogP contribution in [0.3, 0.4) is 0 Å². The molecule has 1 fully saturated rings. The molecule has 1 saturated heterocycles. The summed E-state index contributed by atoms with van der Waals surface area (Å²) in [6.45, 7) is 6.17. The van der Waals surface area contributed by atoms with Gasteiger partial charge >= 0.3 is 0 Å². The van der Waals surface area contributed by atoms with E-state index in [1.807, 2.05) is 13.0 Å². The Labute approximate surface area is 224 Å². The van der Waals surface area contributed by atoms with Crippen molar-refractivity contribution in [2.24, 2.45) is 11.1 Å². The van der Waals surface area contributed by atoms with Crippen molar-refractivity contribution in [1.29, 1.82) is 0 Å². The van der Waals surface area contributed by atoms with Crippen molar-refractivity contribution in [3.05, 3.63) is 47.5 Å². The Morgan fingerprint density at radius 3 is 2.58 bits per heavy atom. The highest BCUT2D eigenvalue weighted by Crippen LogP contribution is 2.36. The molecule has 2 aromatic rings. The van der Waals surface area contributed by atoms with Crippen LogP contribution in [-0.4, -0.2) is 76.4 Å². The minimum atomic E-state index is -3.71. The third-order valence-corrected chi connectivity index (χ3v) is 7.88. The first-order valence-electron chi connectivity index (χ1n) is 13.1. The van der Waals surface area contributed by atoms with Crippen molar-refractivity contribution in [2.45, 2.75) is 43.6 Å². The number of piperidine rings is 1. The van der Waals surface area contributed by atoms with Crippen LogP contribution < -0.4 is 24.7 Å². The van der Waals surface area contributed by atoms with Crippen molar-refractivity contribution in [1.82, 2.24) is 10.2 Å². The Morgan fingerprint density at radius 1 is 1.13 bits per heavy atom. The predicted octanol–water partition coefficient (Wildman–Crippen LogP) is 2.08. The summed E-state index contributed by atoms with van der Waals surface area (Å²) >= 11 is 0. The lowest BCUT2D eigenvalue weighted by Gasteiger charge is -2.36. The molecule has 11 heteroatoms. The van der Waals surface area contributed by atoms with Gasteiger partial charge in [-0.2, -0.15) is 0 Å². The van der Waals surface area contributed by atoms with Crippen LogP contribution in [0.25, 0.3) is 0 Å². The van der Waals surface area contributed by atoms with Gasteiger partial charge in [0.15, 0.2) is 11.5 Å². The second-order valence-corrected chi connectivity index (χ2v) is 11.4. The Kier molecular flexibility index (Phi) is 9.48. The number of rotatable bonds is 10. The van der Waals surface area contributed by atoms with E-state index in [1.54, 1.807) is 18.2 Å². The fourth-order valence-electron chi connectivity index (χ4n) is 4.73. The van der Waals surface area contributed by atoms with Crippen LogP contribution in [0.4, 0.5) is 0 Å². The summed E-state index contributed by atoms with van der Waals surface area (Å²) in [4.78, 5) is 15.2. The van der Waals surface area contributed by atoms with E-state index in [-0.39, 0.29) is 16.7 Å². The molecule has 10 nitrogen and oxygen atoms in total. The summed E-state index contributed by atoms with van der Waals surface area (Å²) in [6, 6.07) is 9.67. The van der Waals surface area contributed by atoms with Gasteiger partial charge in [-0.25, -0.2) is 13.6 Å². The maximum Gasteiger partial charge on any atom is 0.255 e. The number of hydrogen-bond acceptors (Lipinski definition) is 8. The number of aliphatic hydroxyl groups excluding tert-OH is 1. The zero-order valence-electron chi connectivity index (χ0n) is 21.7. The van der Waals surface area contributed by atoms with Gasteiger partial charge in [-0.1, -0.05) is 6.07 Å². The van der Waals surface area contributed by atoms with Crippen molar-refractivity contribution in [2.75, 3.05) is 46.0 Å². The Bertz CT molecular complexity index is 1200. The number of carbonyl (C=O) groups excluding carboxylic acids is 1. The number of aliphatic hydroxyl groups is 1. The van der Waals surface area contributed by atoms with Crippen LogP contribution in [0, 0.1) is 12.8 Å². The van der Waals surface area contributed by atoms with E-state index in [1.165, 1.54) is 12.1 Å². The van der Waals surface area contributed by atoms with Gasteiger partial charge in [0.05, 0.1) is 36.4 Å². The average Bonchev–Trinajstić information content (AvgIpc) is 3.15. The number of nitrogens with two attached hydrogens (primary N) is 1. The summed E-state index contributed by atoms with van der Waals surface area (Å²) in [5.74, 6) is 1.49. The lowest BCUT2D eigenvalue weighted by atomic mass is 9.93. The predicted molar refractivity (Wildman–Crippen MR) is 142 cm³/mol. The van der Waals surface area contributed by atoms with Crippen molar-refractivity contribution in [3.8, 4) is 17.2 Å². The number of amides is 1. The first-order chi connectivity index (χ1) is 18.2. The number of hydrogen-bond donors (Lipinski definition) is 3. The second-order valence-electron chi connectivity index (χ2n) is 9.84. The molecule has 2 aliphatic heterocycles. The molecule has 0 radical (unpaired) electrons. The molecule has 0 aliphatic carbocycles. The molecule has 2 aromatic carbocycles. The number of carbonyl (C=O) groups is 1. The third-order valence-electron chi connectivity index (χ3n) is 6.96. The van der Waals surface area contributed by atoms with Crippen molar-refractivity contribution < 1.29 is 32.5 Å². The minimum absolute atomic E-state index is 0.0138. The minimum Gasteiger partial charge on any atom is -0.494 e. The molecular weight excluding hydrogens is 510 g/mol. The van der Waals surface area contributed by atoms with Crippen molar-refractivity contribution >= 4 is 15.9 Å². The smallest absolute Gasteiger partial charge is 0.255 e. The number of nitrogens with zero attached hydrogens (tertiary/aromatic N) is 1. The maximum absolute atomic E-state index is 12.9. The first-order valence-corrected chi connectivity index (χ1v) is 14.6. The van der Waals surface area contributed by atoms with Gasteiger partial charge in [0.1, 0.15) is 5.75 Å². The molecule has 0 aromatic heterocycles. The largest absolute Gasteiger partial charge is 0.494 e. The summed E-state index contributed by atoms with van der Waals surface area (Å²) in [5, 5.41) is 18.8. The number of unbranched alkanes of at least 4 members (excludes halogenated alkanes) is 1. The molecule has 0 spiro atoms. The topological polar surface area (TPSA) is 140 Å². The van der Waals surface area contributed by atoms with Gasteiger partial charge in [0.25, 0.3) is 5.91 Å². The standard InChI is InChI=1S/C27H37N3O7S/c1-19-5-10-23(26-25(19)36-15-4-16-37-26)27(32)29-17-20-11-13-30(18-24(20)31)12-2-3-14-35-21-6-8-22(9-7-21)38(28,33)34/h5-10,20,24,31H,2-4,11-18H2,1H3,(H,29,32)(H2,28,33,34). The number of primary sulfonamides is 1. The van der Waals surface area contributed by atoms with Gasteiger partial charge < -0.3 is 29.5 Å². The fourth-order valence-corrected chi connectivity index (χ4v) is 5.24. The Morgan fingerprint density at radius 2 is 1.87 bits per heavy atom. The molecule has 2 aliphatic rings. The number of nitrogens with one attached hydrogen (secondary N) is 1. The molecule has 4 rings (SSSR count). The highest BCUT2D eigenvalue weighted by atomic mass is 32.2. The van der Waals surface area contributed by atoms with Gasteiger partial charge in [0.2, 0.25) is 10.0 Å². The summed E-state index contributed by atoms with van der Waals surface area (Å²) in [7, 11) is -3.71. The Balaban J connectivity index is 1.16. The quantitative estimate of drug-likeness (QED) is 0.384. The zero-order valence-corrected chi connectivity index (χ0v) is 22.5. The third kappa shape index (κ3) is 7.37. The number of sulfonamides is 1.